The Labute approximate surface area is 151 Å². The molecule has 5 nitrogen and oxygen atoms in total. The molecular weight excluding hydrogens is 336 g/mol. The van der Waals surface area contributed by atoms with Crippen LogP contribution in [0.3, 0.4) is 0 Å². The van der Waals surface area contributed by atoms with Crippen molar-refractivity contribution in [3.63, 3.8) is 0 Å². The molecule has 4 rings (SSSR count). The number of likely N-dealkylation sites (tertiary alicyclic amines) is 1. The number of nitrogens with zero attached hydrogens (tertiary/aromatic N) is 1. The van der Waals surface area contributed by atoms with Crippen molar-refractivity contribution in [2.45, 2.75) is 55.4 Å². The number of benzene rings is 1. The Bertz CT molecular complexity index is 652. The quantitative estimate of drug-likeness (QED) is 0.820. The molecule has 0 bridgehead atoms. The lowest BCUT2D eigenvalue weighted by molar-refractivity contribution is 0.0905. The lowest BCUT2D eigenvalue weighted by atomic mass is 9.86. The lowest BCUT2D eigenvalue weighted by Gasteiger charge is -2.41. The largest absolute Gasteiger partial charge is 0.593 e. The Hall–Kier alpha value is -0.950. The van der Waals surface area contributed by atoms with Crippen LogP contribution >= 0.6 is 0 Å². The van der Waals surface area contributed by atoms with Gasteiger partial charge in [0.25, 0.3) is 0 Å². The minimum Gasteiger partial charge on any atom is -0.593 e. The van der Waals surface area contributed by atoms with Crippen LogP contribution in [0.5, 0.6) is 5.75 Å². The molecule has 3 aliphatic rings. The lowest BCUT2D eigenvalue weighted by Crippen LogP contribution is -2.59. The summed E-state index contributed by atoms with van der Waals surface area (Å²) >= 11 is 0. The van der Waals surface area contributed by atoms with Crippen LogP contribution in [0.15, 0.2) is 29.2 Å². The summed E-state index contributed by atoms with van der Waals surface area (Å²) in [6, 6.07) is 6.92. The van der Waals surface area contributed by atoms with Crippen LogP contribution in [-0.2, 0) is 14.6 Å². The van der Waals surface area contributed by atoms with Gasteiger partial charge in [0.2, 0.25) is 4.90 Å². The van der Waals surface area contributed by atoms with Crippen molar-refractivity contribution in [2.75, 3.05) is 26.2 Å². The smallest absolute Gasteiger partial charge is 0.216 e. The number of sulfonamides is 1. The molecule has 0 aromatic heterocycles. The fourth-order valence-corrected chi connectivity index (χ4v) is 6.11. The fourth-order valence-electron chi connectivity index (χ4n) is 4.52. The van der Waals surface area contributed by atoms with Gasteiger partial charge in [-0.15, -0.1) is 4.72 Å². The van der Waals surface area contributed by atoms with Crippen LogP contribution in [0.25, 0.3) is 0 Å². The van der Waals surface area contributed by atoms with Crippen LogP contribution in [0.4, 0.5) is 0 Å². The third-order valence-electron chi connectivity index (χ3n) is 6.05. The highest BCUT2D eigenvalue weighted by molar-refractivity contribution is 7.96. The molecule has 138 valence electrons. The van der Waals surface area contributed by atoms with E-state index in [4.69, 9.17) is 4.74 Å². The molecule has 6 heteroatoms. The van der Waals surface area contributed by atoms with Crippen molar-refractivity contribution in [3.8, 4) is 5.75 Å². The van der Waals surface area contributed by atoms with Crippen LogP contribution < -0.4 is 9.46 Å². The molecule has 1 aromatic rings. The first-order chi connectivity index (χ1) is 12.1. The zero-order valence-corrected chi connectivity index (χ0v) is 15.6. The van der Waals surface area contributed by atoms with Crippen molar-refractivity contribution >= 4 is 10.4 Å². The average molecular weight is 365 g/mol. The summed E-state index contributed by atoms with van der Waals surface area (Å²) in [5.74, 6) is 1.30. The number of nitrogens with one attached hydrogen (secondary N) is 1. The summed E-state index contributed by atoms with van der Waals surface area (Å²) in [5, 5.41) is 0. The number of fused-ring (bicyclic) bond motifs is 1. The van der Waals surface area contributed by atoms with Gasteiger partial charge in [-0.25, -0.2) is 0 Å². The zero-order valence-electron chi connectivity index (χ0n) is 14.7. The fraction of sp³-hybridized carbons (Fsp3) is 0.684. The average Bonchev–Trinajstić information content (AvgIpc) is 2.73. The molecule has 1 saturated heterocycles. The van der Waals surface area contributed by atoms with Gasteiger partial charge in [0, 0.05) is 19.6 Å². The third-order valence-corrected chi connectivity index (χ3v) is 7.67. The van der Waals surface area contributed by atoms with Crippen LogP contribution in [-0.4, -0.2) is 41.2 Å². The predicted molar refractivity (Wildman–Crippen MR) is 97.1 cm³/mol. The molecule has 1 unspecified atom stereocenters. The van der Waals surface area contributed by atoms with E-state index in [2.05, 4.69) is 9.62 Å². The Morgan fingerprint density at radius 1 is 1.20 bits per heavy atom. The minimum absolute atomic E-state index is 0.261. The van der Waals surface area contributed by atoms with E-state index in [1.165, 1.54) is 38.6 Å². The maximum atomic E-state index is 12.8. The van der Waals surface area contributed by atoms with E-state index < -0.39 is 15.9 Å². The van der Waals surface area contributed by atoms with E-state index in [9.17, 15) is 8.76 Å². The number of hydrogen-bond donors (Lipinski definition) is 1. The van der Waals surface area contributed by atoms with E-state index in [-0.39, 0.29) is 4.90 Å². The number of rotatable bonds is 2. The standard InChI is InChI=1S/C19H28N2O3S/c22-25(23)18-9-5-4-8-17(18)24-15-19(20-25)10-12-21(13-11-19)14-16-6-2-1-3-7-16/h4-5,8-9,16H,1-3,6-7,10-15H2,(H-,20,22,23). The normalized spacial score (nSPS) is 30.4. The maximum absolute atomic E-state index is 12.8. The first kappa shape index (κ1) is 17.5. The summed E-state index contributed by atoms with van der Waals surface area (Å²) in [5.41, 5.74) is -0.471. The molecule has 1 N–H and O–H groups in total. The zero-order chi connectivity index (χ0) is 17.3. The molecule has 1 spiro atoms. The van der Waals surface area contributed by atoms with Gasteiger partial charge < -0.3 is 14.2 Å². The summed E-state index contributed by atoms with van der Waals surface area (Å²) in [4.78, 5) is 2.78. The predicted octanol–water partition coefficient (Wildman–Crippen LogP) is 2.99. The van der Waals surface area contributed by atoms with Gasteiger partial charge in [-0.05, 0) is 43.7 Å². The monoisotopic (exact) mass is 364 g/mol. The highest BCUT2D eigenvalue weighted by Crippen LogP contribution is 2.36. The van der Waals surface area contributed by atoms with Crippen LogP contribution in [0.2, 0.25) is 0 Å². The molecule has 1 aromatic carbocycles. The Morgan fingerprint density at radius 2 is 1.92 bits per heavy atom. The number of hydrogen-bond acceptors (Lipinski definition) is 4. The van der Waals surface area contributed by atoms with Crippen LogP contribution in [0, 0.1) is 5.92 Å². The Morgan fingerprint density at radius 3 is 2.68 bits per heavy atom. The number of piperidine rings is 1. The first-order valence-corrected chi connectivity index (χ1v) is 11.0. The van der Waals surface area contributed by atoms with Gasteiger partial charge in [0.15, 0.2) is 16.1 Å². The number of ether oxygens (including phenoxy) is 1. The second kappa shape index (κ2) is 6.99. The molecule has 2 heterocycles. The van der Waals surface area contributed by atoms with E-state index in [0.29, 0.717) is 12.4 Å². The van der Waals surface area contributed by atoms with Gasteiger partial charge in [-0.1, -0.05) is 35.6 Å². The van der Waals surface area contributed by atoms with Crippen molar-refractivity contribution in [1.29, 1.82) is 0 Å². The molecule has 1 aliphatic carbocycles. The topological polar surface area (TPSA) is 64.6 Å². The molecule has 2 fully saturated rings. The highest BCUT2D eigenvalue weighted by atomic mass is 32.3. The van der Waals surface area contributed by atoms with Crippen LogP contribution in [0.1, 0.15) is 44.9 Å². The van der Waals surface area contributed by atoms with Gasteiger partial charge in [0.1, 0.15) is 6.61 Å². The highest BCUT2D eigenvalue weighted by Gasteiger charge is 2.45. The maximum Gasteiger partial charge on any atom is 0.216 e. The van der Waals surface area contributed by atoms with E-state index >= 15 is 0 Å². The molecule has 0 radical (unpaired) electrons. The van der Waals surface area contributed by atoms with E-state index in [1.807, 2.05) is 6.07 Å². The molecule has 25 heavy (non-hydrogen) atoms. The Balaban J connectivity index is 1.42. The minimum atomic E-state index is -3.52. The second-order valence-electron chi connectivity index (χ2n) is 7.93. The molecule has 2 aliphatic heterocycles. The molecule has 1 atom stereocenters. The SMILES string of the molecule is O=[S+]1([O-])NC2(CCN(CC3CCCCC3)CC2)COc2ccccc21. The summed E-state index contributed by atoms with van der Waals surface area (Å²) < 4.78 is 34.4. The van der Waals surface area contributed by atoms with E-state index in [0.717, 1.165) is 31.8 Å². The second-order valence-corrected chi connectivity index (χ2v) is 9.58. The summed E-state index contributed by atoms with van der Waals surface area (Å²) in [7, 11) is -3.52. The van der Waals surface area contributed by atoms with Crippen molar-refractivity contribution in [2.24, 2.45) is 5.92 Å². The van der Waals surface area contributed by atoms with Gasteiger partial charge >= 0.3 is 0 Å². The Kier molecular flexibility index (Phi) is 4.88. The van der Waals surface area contributed by atoms with E-state index in [1.54, 1.807) is 18.2 Å². The van der Waals surface area contributed by atoms with Gasteiger partial charge in [0.05, 0.1) is 5.54 Å². The molecular formula is C19H28N2O3S. The number of para-hydroxylation sites is 1. The summed E-state index contributed by atoms with van der Waals surface area (Å²) in [6.07, 6.45) is 8.46. The van der Waals surface area contributed by atoms with Crippen molar-refractivity contribution < 1.29 is 13.5 Å². The first-order valence-electron chi connectivity index (χ1n) is 9.55. The van der Waals surface area contributed by atoms with Gasteiger partial charge in [-0.2, -0.15) is 0 Å². The third kappa shape index (κ3) is 3.77. The molecule has 1 saturated carbocycles. The summed E-state index contributed by atoms with van der Waals surface area (Å²) in [6.45, 7) is 3.47. The van der Waals surface area contributed by atoms with Crippen molar-refractivity contribution in [1.82, 2.24) is 9.62 Å². The van der Waals surface area contributed by atoms with Crippen molar-refractivity contribution in [3.05, 3.63) is 24.3 Å². The van der Waals surface area contributed by atoms with Gasteiger partial charge in [-0.3, -0.25) is 0 Å². The molecule has 0 amide bonds.